The van der Waals surface area contributed by atoms with Gasteiger partial charge >= 0.3 is 12.3 Å². The topological polar surface area (TPSA) is 99.3 Å². The molecule has 5 rings (SSSR count). The van der Waals surface area contributed by atoms with Gasteiger partial charge in [-0.3, -0.25) is 4.90 Å². The van der Waals surface area contributed by atoms with Gasteiger partial charge in [-0.05, 0) is 60.4 Å². The van der Waals surface area contributed by atoms with Gasteiger partial charge in [0.25, 0.3) is 5.82 Å². The Kier molecular flexibility index (Phi) is 8.49. The van der Waals surface area contributed by atoms with Crippen LogP contribution in [0.25, 0.3) is 5.65 Å². The highest BCUT2D eigenvalue weighted by Gasteiger charge is 2.39. The third-order valence-corrected chi connectivity index (χ3v) is 8.27. The number of benzene rings is 1. The Morgan fingerprint density at radius 2 is 1.71 bits per heavy atom. The molecule has 42 heavy (non-hydrogen) atoms. The maximum absolute atomic E-state index is 13.2. The van der Waals surface area contributed by atoms with Crippen molar-refractivity contribution in [2.75, 3.05) is 50.8 Å². The van der Waals surface area contributed by atoms with Gasteiger partial charge in [0, 0.05) is 39.3 Å². The zero-order chi connectivity index (χ0) is 30.1. The van der Waals surface area contributed by atoms with E-state index in [1.54, 1.807) is 11.0 Å². The number of fused-ring (bicyclic) bond motifs is 1. The second-order valence-corrected chi connectivity index (χ2v) is 12.2. The zero-order valence-electron chi connectivity index (χ0n) is 24.2. The highest BCUT2D eigenvalue weighted by atomic mass is 19.4. The number of amides is 1. The van der Waals surface area contributed by atoms with Gasteiger partial charge in [-0.25, -0.2) is 4.79 Å². The summed E-state index contributed by atoms with van der Waals surface area (Å²) in [6.07, 6.45) is -2.90. The number of aromatic nitrogens is 4. The summed E-state index contributed by atoms with van der Waals surface area (Å²) in [6.45, 7) is 11.0. The first kappa shape index (κ1) is 29.9. The number of carboxylic acid groups (broad SMARTS) is 1. The number of carbonyl (C=O) groups is 1. The third kappa shape index (κ3) is 6.71. The molecule has 3 aromatic rings. The van der Waals surface area contributed by atoms with Gasteiger partial charge in [0.15, 0.2) is 5.65 Å². The van der Waals surface area contributed by atoms with Gasteiger partial charge < -0.3 is 19.6 Å². The van der Waals surface area contributed by atoms with Gasteiger partial charge in [-0.15, -0.1) is 15.3 Å². The second kappa shape index (κ2) is 11.9. The molecule has 2 aliphatic rings. The van der Waals surface area contributed by atoms with Gasteiger partial charge in [0.05, 0.1) is 12.6 Å². The number of halogens is 3. The summed E-state index contributed by atoms with van der Waals surface area (Å²) in [6, 6.07) is 11.3. The molecule has 1 aromatic carbocycles. The average molecular weight is 590 g/mol. The van der Waals surface area contributed by atoms with Crippen molar-refractivity contribution in [2.45, 2.75) is 58.2 Å². The van der Waals surface area contributed by atoms with Crippen LogP contribution in [0.4, 0.5) is 23.8 Å². The lowest BCUT2D eigenvalue weighted by Gasteiger charge is -2.46. The third-order valence-electron chi connectivity index (χ3n) is 8.27. The predicted octanol–water partition coefficient (Wildman–Crippen LogP) is 5.01. The van der Waals surface area contributed by atoms with Crippen molar-refractivity contribution in [1.29, 1.82) is 0 Å². The van der Waals surface area contributed by atoms with Crippen LogP contribution in [0.1, 0.15) is 57.3 Å². The number of ether oxygens (including phenoxy) is 1. The Bertz CT molecular complexity index is 1370. The van der Waals surface area contributed by atoms with Crippen LogP contribution in [-0.4, -0.2) is 92.7 Å². The molecule has 0 aliphatic carbocycles. The van der Waals surface area contributed by atoms with Crippen molar-refractivity contribution in [3.63, 3.8) is 0 Å². The number of piperidine rings is 1. The number of hydrogen-bond acceptors (Lipinski definition) is 7. The zero-order valence-corrected chi connectivity index (χ0v) is 24.2. The summed E-state index contributed by atoms with van der Waals surface area (Å²) >= 11 is 0. The Morgan fingerprint density at radius 3 is 2.36 bits per heavy atom. The van der Waals surface area contributed by atoms with E-state index in [0.29, 0.717) is 38.0 Å². The Labute approximate surface area is 243 Å². The summed E-state index contributed by atoms with van der Waals surface area (Å²) in [5, 5.41) is 20.6. The van der Waals surface area contributed by atoms with Crippen molar-refractivity contribution in [3.05, 3.63) is 47.8 Å². The Balaban J connectivity index is 1.08. The Hall–Kier alpha value is -3.61. The largest absolute Gasteiger partial charge is 0.494 e. The van der Waals surface area contributed by atoms with E-state index in [9.17, 15) is 23.1 Å². The van der Waals surface area contributed by atoms with Crippen LogP contribution in [0.3, 0.4) is 0 Å². The number of hydrogen-bond donors (Lipinski definition) is 1. The lowest BCUT2D eigenvalue weighted by molar-refractivity contribution is -0.146. The molecule has 2 saturated heterocycles. The second-order valence-electron chi connectivity index (χ2n) is 12.2. The molecule has 4 heterocycles. The lowest BCUT2D eigenvalue weighted by Crippen LogP contribution is -2.59. The van der Waals surface area contributed by atoms with Crippen LogP contribution < -0.4 is 9.64 Å². The summed E-state index contributed by atoms with van der Waals surface area (Å²) in [5.74, 6) is 0.517. The fourth-order valence-corrected chi connectivity index (χ4v) is 5.89. The highest BCUT2D eigenvalue weighted by Crippen LogP contribution is 2.32. The monoisotopic (exact) mass is 589 g/mol. The molecule has 10 nitrogen and oxygen atoms in total. The summed E-state index contributed by atoms with van der Waals surface area (Å²) in [7, 11) is 0. The fraction of sp³-hybridized carbons (Fsp3) is 0.586. The number of rotatable bonds is 7. The number of anilines is 1. The molecule has 13 heteroatoms. The molecule has 2 aliphatic heterocycles. The molecule has 1 N–H and O–H groups in total. The van der Waals surface area contributed by atoms with Crippen molar-refractivity contribution < 1.29 is 27.8 Å². The average Bonchev–Trinajstić information content (AvgIpc) is 3.39. The SMILES string of the molecule is CC(C)(C)C1CN(CCCOc2ccc(C3CCN(c4ccc5nnc(C(F)(F)F)n5n4)CC3)cc2)CCN1C(=O)O. The number of nitrogens with zero attached hydrogens (tertiary/aromatic N) is 7. The number of piperazine rings is 1. The highest BCUT2D eigenvalue weighted by molar-refractivity contribution is 5.65. The van der Waals surface area contributed by atoms with Crippen LogP contribution in [0.5, 0.6) is 5.75 Å². The predicted molar refractivity (Wildman–Crippen MR) is 151 cm³/mol. The van der Waals surface area contributed by atoms with Gasteiger partial charge in [-0.2, -0.15) is 17.7 Å². The van der Waals surface area contributed by atoms with E-state index in [-0.39, 0.29) is 17.1 Å². The number of alkyl halides is 3. The van der Waals surface area contributed by atoms with E-state index >= 15 is 0 Å². The first-order valence-corrected chi connectivity index (χ1v) is 14.4. The van der Waals surface area contributed by atoms with E-state index in [0.717, 1.165) is 49.2 Å². The van der Waals surface area contributed by atoms with Crippen molar-refractivity contribution in [2.24, 2.45) is 5.41 Å². The molecule has 2 aromatic heterocycles. The lowest BCUT2D eigenvalue weighted by atomic mass is 9.84. The first-order valence-electron chi connectivity index (χ1n) is 14.4. The van der Waals surface area contributed by atoms with Crippen LogP contribution in [0.2, 0.25) is 0 Å². The van der Waals surface area contributed by atoms with E-state index in [1.165, 1.54) is 11.6 Å². The maximum Gasteiger partial charge on any atom is 0.453 e. The van der Waals surface area contributed by atoms with Crippen LogP contribution in [-0.2, 0) is 6.18 Å². The maximum atomic E-state index is 13.2. The molecular weight excluding hydrogens is 551 g/mol. The molecule has 1 amide bonds. The Morgan fingerprint density at radius 1 is 1.00 bits per heavy atom. The minimum Gasteiger partial charge on any atom is -0.494 e. The van der Waals surface area contributed by atoms with E-state index in [2.05, 4.69) is 53.1 Å². The molecule has 0 bridgehead atoms. The molecule has 1 unspecified atom stereocenters. The molecule has 1 atom stereocenters. The minimum atomic E-state index is -4.62. The fourth-order valence-electron chi connectivity index (χ4n) is 5.89. The standard InChI is InChI=1S/C29H38F3N7O3/c1-28(2,3)23-19-36(16-17-38(23)27(40)41)13-4-18-42-22-7-5-20(6-8-22)21-11-14-37(15-12-21)25-10-9-24-33-34-26(29(30,31)32)39(24)35-25/h5-10,21,23H,4,11-19H2,1-3H3,(H,40,41). The van der Waals surface area contributed by atoms with Gasteiger partial charge in [0.2, 0.25) is 0 Å². The molecule has 2 fully saturated rings. The smallest absolute Gasteiger partial charge is 0.453 e. The minimum absolute atomic E-state index is 0.0414. The summed E-state index contributed by atoms with van der Waals surface area (Å²) < 4.78 is 46.5. The quantitative estimate of drug-likeness (QED) is 0.384. The van der Waals surface area contributed by atoms with Crippen molar-refractivity contribution >= 4 is 17.6 Å². The van der Waals surface area contributed by atoms with E-state index in [4.69, 9.17) is 4.74 Å². The van der Waals surface area contributed by atoms with Crippen LogP contribution >= 0.6 is 0 Å². The van der Waals surface area contributed by atoms with Crippen molar-refractivity contribution in [1.82, 2.24) is 29.6 Å². The van der Waals surface area contributed by atoms with Gasteiger partial charge in [-0.1, -0.05) is 32.9 Å². The molecular formula is C29H38F3N7O3. The summed E-state index contributed by atoms with van der Waals surface area (Å²) in [4.78, 5) is 17.5. The molecule has 0 radical (unpaired) electrons. The van der Waals surface area contributed by atoms with E-state index < -0.39 is 18.1 Å². The van der Waals surface area contributed by atoms with Crippen LogP contribution in [0.15, 0.2) is 36.4 Å². The van der Waals surface area contributed by atoms with Crippen molar-refractivity contribution in [3.8, 4) is 5.75 Å². The molecule has 0 spiro atoms. The first-order chi connectivity index (χ1) is 19.9. The van der Waals surface area contributed by atoms with Crippen LogP contribution in [0, 0.1) is 5.41 Å². The summed E-state index contributed by atoms with van der Waals surface area (Å²) in [5.41, 5.74) is 1.15. The molecule has 228 valence electrons. The normalized spacial score (nSPS) is 19.4. The molecule has 0 saturated carbocycles. The van der Waals surface area contributed by atoms with E-state index in [1.807, 2.05) is 17.0 Å². The van der Waals surface area contributed by atoms with Gasteiger partial charge in [0.1, 0.15) is 11.6 Å².